The summed E-state index contributed by atoms with van der Waals surface area (Å²) in [6.07, 6.45) is 0. The maximum Gasteiger partial charge on any atom is 0.161 e. The van der Waals surface area contributed by atoms with Crippen LogP contribution < -0.4 is 0 Å². The molecule has 0 atom stereocenters. The van der Waals surface area contributed by atoms with Crippen molar-refractivity contribution in [3.8, 4) is 45.6 Å². The molecule has 36 heavy (non-hydrogen) atoms. The molecule has 192 valence electrons. The van der Waals surface area contributed by atoms with Crippen LogP contribution >= 0.6 is 0 Å². The van der Waals surface area contributed by atoms with Gasteiger partial charge in [0.15, 0.2) is 23.0 Å². The van der Waals surface area contributed by atoms with Crippen molar-refractivity contribution in [3.05, 3.63) is 46.5 Å². The molecule has 4 aromatic rings. The molecule has 0 saturated carbocycles. The van der Waals surface area contributed by atoms with Crippen LogP contribution in [0.15, 0.2) is 24.3 Å². The van der Waals surface area contributed by atoms with Crippen molar-refractivity contribution in [1.82, 2.24) is 0 Å². The summed E-state index contributed by atoms with van der Waals surface area (Å²) < 4.78 is 0. The first-order valence-corrected chi connectivity index (χ1v) is 11.7. The zero-order valence-corrected chi connectivity index (χ0v) is 21.6. The number of hydrogen-bond donors (Lipinski definition) is 7. The maximum absolute atomic E-state index is 11.4. The van der Waals surface area contributed by atoms with E-state index in [4.69, 9.17) is 5.11 Å². The standard InChI is InChI=1S/C28H30O6.CH4O/c1-11(2)21-15-7-13(5)23(25(31)17(15)9-19(29)27(21)33)24-14(6)8-16-18(26(24)32)10-20(30)28(34)22(16)12(3)4;1-2/h7-12,29-34H,1-6H3;2H,1H3. The molecule has 0 heterocycles. The Morgan fingerprint density at radius 2 is 0.778 bits per heavy atom. The molecule has 7 heteroatoms. The fourth-order valence-electron chi connectivity index (χ4n) is 5.11. The van der Waals surface area contributed by atoms with Crippen molar-refractivity contribution >= 4 is 21.5 Å². The van der Waals surface area contributed by atoms with Crippen LogP contribution in [0.5, 0.6) is 34.5 Å². The molecule has 0 unspecified atom stereocenters. The number of aryl methyl sites for hydroxylation is 2. The fourth-order valence-corrected chi connectivity index (χ4v) is 5.11. The monoisotopic (exact) mass is 494 g/mol. The highest BCUT2D eigenvalue weighted by Gasteiger charge is 2.25. The molecule has 0 aromatic heterocycles. The third kappa shape index (κ3) is 3.99. The van der Waals surface area contributed by atoms with Crippen LogP contribution in [0, 0.1) is 13.8 Å². The molecule has 0 saturated heterocycles. The van der Waals surface area contributed by atoms with E-state index in [9.17, 15) is 30.6 Å². The lowest BCUT2D eigenvalue weighted by molar-refractivity contribution is 0.398. The molecule has 0 aliphatic carbocycles. The van der Waals surface area contributed by atoms with E-state index in [1.54, 1.807) is 13.8 Å². The highest BCUT2D eigenvalue weighted by atomic mass is 16.3. The summed E-state index contributed by atoms with van der Waals surface area (Å²) in [7, 11) is 1.00. The van der Waals surface area contributed by atoms with Gasteiger partial charge in [0, 0.05) is 40.1 Å². The first-order valence-electron chi connectivity index (χ1n) is 11.7. The second kappa shape index (κ2) is 9.66. The molecule has 7 N–H and O–H groups in total. The molecule has 4 aromatic carbocycles. The summed E-state index contributed by atoms with van der Waals surface area (Å²) in [6.45, 7) is 11.2. The minimum Gasteiger partial charge on any atom is -0.507 e. The zero-order valence-electron chi connectivity index (χ0n) is 21.6. The molecule has 0 spiro atoms. The van der Waals surface area contributed by atoms with Crippen molar-refractivity contribution in [2.24, 2.45) is 0 Å². The topological polar surface area (TPSA) is 142 Å². The van der Waals surface area contributed by atoms with Crippen LogP contribution in [0.3, 0.4) is 0 Å². The van der Waals surface area contributed by atoms with Gasteiger partial charge in [0.2, 0.25) is 0 Å². The number of aromatic hydroxyl groups is 6. The number of hydrogen-bond acceptors (Lipinski definition) is 7. The quantitative estimate of drug-likeness (QED) is 0.164. The summed E-state index contributed by atoms with van der Waals surface area (Å²) in [4.78, 5) is 0. The van der Waals surface area contributed by atoms with E-state index in [0.717, 1.165) is 7.11 Å². The number of aliphatic hydroxyl groups is 1. The fraction of sp³-hybridized carbons (Fsp3) is 0.310. The van der Waals surface area contributed by atoms with Crippen LogP contribution in [0.2, 0.25) is 0 Å². The van der Waals surface area contributed by atoms with E-state index in [0.29, 0.717) is 54.9 Å². The molecule has 0 amide bonds. The molecule has 0 bridgehead atoms. The smallest absolute Gasteiger partial charge is 0.161 e. The molecular weight excluding hydrogens is 460 g/mol. The van der Waals surface area contributed by atoms with Gasteiger partial charge in [0.25, 0.3) is 0 Å². The Morgan fingerprint density at radius 1 is 0.472 bits per heavy atom. The normalized spacial score (nSPS) is 11.4. The molecule has 4 rings (SSSR count). The van der Waals surface area contributed by atoms with Gasteiger partial charge in [-0.2, -0.15) is 0 Å². The number of fused-ring (bicyclic) bond motifs is 2. The van der Waals surface area contributed by atoms with Gasteiger partial charge in [-0.3, -0.25) is 0 Å². The second-order valence-electron chi connectivity index (χ2n) is 9.65. The molecule has 0 aliphatic heterocycles. The van der Waals surface area contributed by atoms with Crippen molar-refractivity contribution in [2.75, 3.05) is 7.11 Å². The lowest BCUT2D eigenvalue weighted by atomic mass is 9.85. The van der Waals surface area contributed by atoms with E-state index in [2.05, 4.69) is 0 Å². The predicted molar refractivity (Wildman–Crippen MR) is 143 cm³/mol. The van der Waals surface area contributed by atoms with Gasteiger partial charge in [0.05, 0.1) is 0 Å². The largest absolute Gasteiger partial charge is 0.507 e. The summed E-state index contributed by atoms with van der Waals surface area (Å²) in [5, 5.41) is 73.2. The summed E-state index contributed by atoms with van der Waals surface area (Å²) >= 11 is 0. The zero-order chi connectivity index (χ0) is 27.2. The van der Waals surface area contributed by atoms with Crippen molar-refractivity contribution in [2.45, 2.75) is 53.4 Å². The highest BCUT2D eigenvalue weighted by Crippen LogP contribution is 2.52. The number of phenols is 6. The van der Waals surface area contributed by atoms with E-state index >= 15 is 0 Å². The molecular formula is C29H34O7. The molecule has 0 aliphatic rings. The van der Waals surface area contributed by atoms with Crippen molar-refractivity contribution in [1.29, 1.82) is 0 Å². The van der Waals surface area contributed by atoms with Gasteiger partial charge in [-0.25, -0.2) is 0 Å². The average molecular weight is 495 g/mol. The maximum atomic E-state index is 11.4. The van der Waals surface area contributed by atoms with Crippen LogP contribution in [0.25, 0.3) is 32.7 Å². The summed E-state index contributed by atoms with van der Waals surface area (Å²) in [5.74, 6) is -1.56. The van der Waals surface area contributed by atoms with E-state index in [1.807, 2.05) is 39.8 Å². The Hall–Kier alpha value is -3.84. The molecule has 7 nitrogen and oxygen atoms in total. The lowest BCUT2D eigenvalue weighted by Crippen LogP contribution is -1.97. The Kier molecular flexibility index (Phi) is 7.18. The van der Waals surface area contributed by atoms with Crippen molar-refractivity contribution in [3.63, 3.8) is 0 Å². The lowest BCUT2D eigenvalue weighted by Gasteiger charge is -2.21. The number of phenolic OH excluding ortho intramolecular Hbond substituents is 6. The number of aliphatic hydroxyl groups excluding tert-OH is 1. The molecule has 0 radical (unpaired) electrons. The third-order valence-electron chi connectivity index (χ3n) is 6.62. The Balaban J connectivity index is 0.00000176. The van der Waals surface area contributed by atoms with Crippen molar-refractivity contribution < 1.29 is 35.7 Å². The predicted octanol–water partition coefficient (Wildman–Crippen LogP) is 6.37. The van der Waals surface area contributed by atoms with E-state index in [-0.39, 0.29) is 46.3 Å². The SMILES string of the molecule is CO.Cc1cc2c(C(C)C)c(O)c(O)cc2c(O)c1-c1c(C)cc2c(C(C)C)c(O)c(O)cc2c1O. The summed E-state index contributed by atoms with van der Waals surface area (Å²) in [6, 6.07) is 6.30. The number of benzene rings is 4. The van der Waals surface area contributed by atoms with Gasteiger partial charge in [-0.15, -0.1) is 0 Å². The molecule has 0 fully saturated rings. The first kappa shape index (κ1) is 26.8. The second-order valence-corrected chi connectivity index (χ2v) is 9.65. The third-order valence-corrected chi connectivity index (χ3v) is 6.62. The minimum atomic E-state index is -0.331. The number of rotatable bonds is 3. The Labute approximate surface area is 210 Å². The van der Waals surface area contributed by atoms with Crippen LogP contribution in [0.1, 0.15) is 61.8 Å². The Bertz CT molecular complexity index is 1370. The van der Waals surface area contributed by atoms with Gasteiger partial charge < -0.3 is 35.7 Å². The van der Waals surface area contributed by atoms with Crippen LogP contribution in [-0.4, -0.2) is 42.9 Å². The van der Waals surface area contributed by atoms with Gasteiger partial charge in [0.1, 0.15) is 11.5 Å². The summed E-state index contributed by atoms with van der Waals surface area (Å²) in [5.41, 5.74) is 3.18. The van der Waals surface area contributed by atoms with Gasteiger partial charge >= 0.3 is 0 Å². The first-order chi connectivity index (χ1) is 16.9. The van der Waals surface area contributed by atoms with Gasteiger partial charge in [-0.1, -0.05) is 39.8 Å². The highest BCUT2D eigenvalue weighted by molar-refractivity contribution is 6.06. The van der Waals surface area contributed by atoms with Gasteiger partial charge in [-0.05, 0) is 59.7 Å². The van der Waals surface area contributed by atoms with Crippen LogP contribution in [-0.2, 0) is 0 Å². The van der Waals surface area contributed by atoms with E-state index in [1.165, 1.54) is 12.1 Å². The van der Waals surface area contributed by atoms with E-state index < -0.39 is 0 Å². The minimum absolute atomic E-state index is 0.111. The average Bonchev–Trinajstić information content (AvgIpc) is 2.80. The Morgan fingerprint density at radius 3 is 1.06 bits per heavy atom. The van der Waals surface area contributed by atoms with Crippen LogP contribution in [0.4, 0.5) is 0 Å².